The number of amides is 1. The number of pyridine rings is 1. The van der Waals surface area contributed by atoms with Crippen LogP contribution in [0.5, 0.6) is 0 Å². The first kappa shape index (κ1) is 23.7. The molecule has 3 N–H and O–H groups in total. The first-order chi connectivity index (χ1) is 17.3. The molecular weight excluding hydrogens is 473 g/mol. The average molecular weight is 496 g/mol. The molecule has 0 unspecified atom stereocenters. The van der Waals surface area contributed by atoms with E-state index < -0.39 is 12.1 Å². The van der Waals surface area contributed by atoms with Crippen LogP contribution >= 0.6 is 0 Å². The van der Waals surface area contributed by atoms with Gasteiger partial charge in [-0.25, -0.2) is 19.9 Å². The van der Waals surface area contributed by atoms with Crippen molar-refractivity contribution in [1.82, 2.24) is 29.8 Å². The molecule has 5 rings (SSSR count). The van der Waals surface area contributed by atoms with E-state index in [0.29, 0.717) is 34.1 Å². The zero-order valence-electron chi connectivity index (χ0n) is 19.3. The van der Waals surface area contributed by atoms with Gasteiger partial charge in [0.25, 0.3) is 0 Å². The van der Waals surface area contributed by atoms with E-state index in [4.69, 9.17) is 0 Å². The number of anilines is 3. The first-order valence-electron chi connectivity index (χ1n) is 11.3. The summed E-state index contributed by atoms with van der Waals surface area (Å²) in [5.74, 6) is -1.20. The molecule has 0 bridgehead atoms. The minimum absolute atomic E-state index is 0.0129. The van der Waals surface area contributed by atoms with Crippen LogP contribution < -0.4 is 10.6 Å². The Kier molecular flexibility index (Phi) is 6.27. The fourth-order valence-corrected chi connectivity index (χ4v) is 4.27. The van der Waals surface area contributed by atoms with Crippen LogP contribution in [-0.4, -0.2) is 61.5 Å². The third kappa shape index (κ3) is 4.98. The van der Waals surface area contributed by atoms with E-state index in [9.17, 15) is 18.0 Å². The van der Waals surface area contributed by atoms with E-state index in [1.165, 1.54) is 11.2 Å². The minimum atomic E-state index is -4.23. The number of benzene rings is 1. The van der Waals surface area contributed by atoms with Gasteiger partial charge in [-0.05, 0) is 49.7 Å². The van der Waals surface area contributed by atoms with Crippen LogP contribution in [0.1, 0.15) is 12.0 Å². The number of fused-ring (bicyclic) bond motifs is 1. The molecule has 0 aliphatic carbocycles. The number of alkyl halides is 3. The van der Waals surface area contributed by atoms with Crippen molar-refractivity contribution in [2.24, 2.45) is 5.92 Å². The molecule has 36 heavy (non-hydrogen) atoms. The normalized spacial score (nSPS) is 16.4. The average Bonchev–Trinajstić information content (AvgIpc) is 3.51. The molecule has 3 aromatic heterocycles. The predicted molar refractivity (Wildman–Crippen MR) is 129 cm³/mol. The number of H-pyrrole nitrogens is 1. The van der Waals surface area contributed by atoms with Gasteiger partial charge in [-0.2, -0.15) is 13.2 Å². The van der Waals surface area contributed by atoms with Gasteiger partial charge in [-0.1, -0.05) is 6.07 Å². The number of carbonyl (C=O) groups excluding carboxylic acids is 1. The van der Waals surface area contributed by atoms with Crippen LogP contribution in [0.2, 0.25) is 0 Å². The summed E-state index contributed by atoms with van der Waals surface area (Å²) in [7, 11) is 0. The molecule has 1 aliphatic rings. The zero-order chi connectivity index (χ0) is 25.3. The number of likely N-dealkylation sites (tertiary alicyclic amines) is 1. The molecule has 0 radical (unpaired) electrons. The molecule has 1 aliphatic heterocycles. The van der Waals surface area contributed by atoms with E-state index in [-0.39, 0.29) is 32.0 Å². The SMILES string of the molecule is Cc1ccc(NC(=O)CN2CC[C@H](C(F)(F)F)C2)cc1Nc1ncccc1-c1ncnc2nc[nH]c12. The lowest BCUT2D eigenvalue weighted by molar-refractivity contribution is -0.170. The highest BCUT2D eigenvalue weighted by molar-refractivity contribution is 5.94. The van der Waals surface area contributed by atoms with E-state index in [0.717, 1.165) is 11.1 Å². The van der Waals surface area contributed by atoms with Gasteiger partial charge in [0.05, 0.1) is 18.8 Å². The Bertz CT molecular complexity index is 1400. The Morgan fingerprint density at radius 3 is 2.86 bits per heavy atom. The Morgan fingerprint density at radius 1 is 1.19 bits per heavy atom. The summed E-state index contributed by atoms with van der Waals surface area (Å²) in [4.78, 5) is 34.3. The summed E-state index contributed by atoms with van der Waals surface area (Å²) in [6, 6.07) is 9.03. The fourth-order valence-electron chi connectivity index (χ4n) is 4.27. The summed E-state index contributed by atoms with van der Waals surface area (Å²) >= 11 is 0. The number of aromatic nitrogens is 5. The molecule has 1 fully saturated rings. The smallest absolute Gasteiger partial charge is 0.341 e. The zero-order valence-corrected chi connectivity index (χ0v) is 19.3. The summed E-state index contributed by atoms with van der Waals surface area (Å²) in [5.41, 5.74) is 4.73. The van der Waals surface area contributed by atoms with Crippen LogP contribution in [-0.2, 0) is 4.79 Å². The van der Waals surface area contributed by atoms with Gasteiger partial charge >= 0.3 is 6.18 Å². The van der Waals surface area contributed by atoms with Crippen molar-refractivity contribution in [2.45, 2.75) is 19.5 Å². The van der Waals surface area contributed by atoms with Gasteiger partial charge < -0.3 is 15.6 Å². The Labute approximate surface area is 204 Å². The molecule has 1 aromatic carbocycles. The van der Waals surface area contributed by atoms with E-state index >= 15 is 0 Å². The highest BCUT2D eigenvalue weighted by Gasteiger charge is 2.43. The van der Waals surface area contributed by atoms with Crippen molar-refractivity contribution >= 4 is 34.3 Å². The third-order valence-electron chi connectivity index (χ3n) is 6.16. The second kappa shape index (κ2) is 9.53. The van der Waals surface area contributed by atoms with Crippen LogP contribution in [0.4, 0.5) is 30.4 Å². The molecule has 186 valence electrons. The Morgan fingerprint density at radius 2 is 2.06 bits per heavy atom. The lowest BCUT2D eigenvalue weighted by Gasteiger charge is -2.18. The monoisotopic (exact) mass is 496 g/mol. The van der Waals surface area contributed by atoms with E-state index in [2.05, 4.69) is 35.6 Å². The minimum Gasteiger partial charge on any atom is -0.341 e. The van der Waals surface area contributed by atoms with Crippen LogP contribution in [0.3, 0.4) is 0 Å². The first-order valence-corrected chi connectivity index (χ1v) is 11.3. The van der Waals surface area contributed by atoms with Crippen molar-refractivity contribution in [2.75, 3.05) is 30.3 Å². The molecule has 1 amide bonds. The second-order valence-electron chi connectivity index (χ2n) is 8.69. The maximum atomic E-state index is 12.9. The van der Waals surface area contributed by atoms with Crippen LogP contribution in [0.15, 0.2) is 49.2 Å². The van der Waals surface area contributed by atoms with Gasteiger partial charge in [0.15, 0.2) is 5.65 Å². The largest absolute Gasteiger partial charge is 0.393 e. The third-order valence-corrected chi connectivity index (χ3v) is 6.16. The number of imidazole rings is 1. The lowest BCUT2D eigenvalue weighted by atomic mass is 10.1. The number of hydrogen-bond acceptors (Lipinski definition) is 7. The number of nitrogens with zero attached hydrogens (tertiary/aromatic N) is 5. The predicted octanol–water partition coefficient (Wildman–Crippen LogP) is 4.29. The van der Waals surface area contributed by atoms with Gasteiger partial charge in [-0.3, -0.25) is 9.69 Å². The van der Waals surface area contributed by atoms with Gasteiger partial charge in [0.1, 0.15) is 23.4 Å². The highest BCUT2D eigenvalue weighted by atomic mass is 19.4. The quantitative estimate of drug-likeness (QED) is 0.365. The van der Waals surface area contributed by atoms with Gasteiger partial charge in [-0.15, -0.1) is 0 Å². The molecule has 1 saturated heterocycles. The number of carbonyl (C=O) groups is 1. The maximum absolute atomic E-state index is 12.9. The van der Waals surface area contributed by atoms with Crippen LogP contribution in [0, 0.1) is 12.8 Å². The van der Waals surface area contributed by atoms with Crippen molar-refractivity contribution in [3.8, 4) is 11.3 Å². The number of rotatable bonds is 6. The Hall–Kier alpha value is -4.06. The molecule has 0 saturated carbocycles. The molecule has 9 nitrogen and oxygen atoms in total. The standard InChI is InChI=1S/C24H23F3N8O/c1-14-4-5-16(33-19(36)11-35-8-6-15(10-35)24(25,26)27)9-18(14)34-22-17(3-2-7-28-22)20-21-23(31-12-29-20)32-13-30-21/h2-5,7,9,12-13,15H,6,8,10-11H2,1H3,(H,28,34)(H,33,36)(H,29,30,31,32)/t15-/m0/s1. The summed E-state index contributed by atoms with van der Waals surface area (Å²) in [5, 5.41) is 6.10. The maximum Gasteiger partial charge on any atom is 0.393 e. The number of nitrogens with one attached hydrogen (secondary N) is 3. The van der Waals surface area contributed by atoms with Gasteiger partial charge in [0, 0.05) is 29.7 Å². The molecule has 12 heteroatoms. The number of hydrogen-bond donors (Lipinski definition) is 3. The van der Waals surface area contributed by atoms with Crippen LogP contribution in [0.25, 0.3) is 22.4 Å². The number of aryl methyl sites for hydroxylation is 1. The molecule has 4 heterocycles. The summed E-state index contributed by atoms with van der Waals surface area (Å²) in [6.45, 7) is 1.90. The highest BCUT2D eigenvalue weighted by Crippen LogP contribution is 2.34. The van der Waals surface area contributed by atoms with E-state index in [1.54, 1.807) is 30.7 Å². The van der Waals surface area contributed by atoms with Crippen molar-refractivity contribution < 1.29 is 18.0 Å². The summed E-state index contributed by atoms with van der Waals surface area (Å²) in [6.07, 6.45) is 0.422. The molecule has 0 spiro atoms. The topological polar surface area (TPSA) is 112 Å². The van der Waals surface area contributed by atoms with Crippen molar-refractivity contribution in [3.63, 3.8) is 0 Å². The Balaban J connectivity index is 1.32. The van der Waals surface area contributed by atoms with Crippen molar-refractivity contribution in [1.29, 1.82) is 0 Å². The van der Waals surface area contributed by atoms with E-state index in [1.807, 2.05) is 19.1 Å². The summed E-state index contributed by atoms with van der Waals surface area (Å²) < 4.78 is 38.8. The lowest BCUT2D eigenvalue weighted by Crippen LogP contribution is -2.33. The van der Waals surface area contributed by atoms with Gasteiger partial charge in [0.2, 0.25) is 5.91 Å². The fraction of sp³-hybridized carbons (Fsp3) is 0.292. The molecule has 1 atom stereocenters. The van der Waals surface area contributed by atoms with Crippen molar-refractivity contribution in [3.05, 3.63) is 54.7 Å². The molecule has 4 aromatic rings. The number of halogens is 3. The number of aromatic amines is 1. The molecular formula is C24H23F3N8O. The second-order valence-corrected chi connectivity index (χ2v) is 8.69.